The average Bonchev–Trinajstić information content (AvgIpc) is 2.93. The number of likely N-dealkylation sites (tertiary alicyclic amines) is 1. The molecule has 0 spiro atoms. The molecule has 0 amide bonds. The number of thiophene rings is 1. The van der Waals surface area contributed by atoms with Gasteiger partial charge in [0.1, 0.15) is 0 Å². The van der Waals surface area contributed by atoms with Crippen LogP contribution in [-0.4, -0.2) is 29.1 Å². The third-order valence-corrected chi connectivity index (χ3v) is 6.34. The number of carbonyl (C=O) groups is 1. The van der Waals surface area contributed by atoms with Gasteiger partial charge in [0.05, 0.1) is 15.7 Å². The smallest absolute Gasteiger partial charge is 0.306 e. The summed E-state index contributed by atoms with van der Waals surface area (Å²) < 4.78 is 1.13. The van der Waals surface area contributed by atoms with Crippen LogP contribution in [0.2, 0.25) is 0 Å². The maximum absolute atomic E-state index is 11.2. The Balaban J connectivity index is 1.93. The molecule has 1 atom stereocenters. The van der Waals surface area contributed by atoms with Crippen LogP contribution in [0.1, 0.15) is 40.5 Å². The zero-order valence-electron chi connectivity index (χ0n) is 14.0. The second-order valence-corrected chi connectivity index (χ2v) is 9.11. The zero-order valence-corrected chi connectivity index (χ0v) is 16.4. The van der Waals surface area contributed by atoms with E-state index in [1.165, 1.54) is 21.6 Å². The standard InChI is InChI=1S/C19H22BrNO2S/c1-12-9-13(2)11-15(10-12)18(16-3-4-17(20)24-16)21-7-5-14(6-8-21)19(22)23/h3-4,9-11,14,18H,5-8H2,1-2H3,(H,22,23). The number of carboxylic acid groups (broad SMARTS) is 1. The van der Waals surface area contributed by atoms with E-state index in [-0.39, 0.29) is 12.0 Å². The van der Waals surface area contributed by atoms with Crippen molar-refractivity contribution in [1.29, 1.82) is 0 Å². The number of aliphatic carboxylic acids is 1. The summed E-state index contributed by atoms with van der Waals surface area (Å²) in [5.41, 5.74) is 3.84. The lowest BCUT2D eigenvalue weighted by atomic mass is 9.93. The van der Waals surface area contributed by atoms with Crippen molar-refractivity contribution in [1.82, 2.24) is 4.90 Å². The van der Waals surface area contributed by atoms with Gasteiger partial charge in [-0.25, -0.2) is 0 Å². The van der Waals surface area contributed by atoms with Gasteiger partial charge in [-0.1, -0.05) is 29.3 Å². The number of hydrogen-bond donors (Lipinski definition) is 1. The Morgan fingerprint density at radius 3 is 2.33 bits per heavy atom. The summed E-state index contributed by atoms with van der Waals surface area (Å²) in [6.07, 6.45) is 1.45. The van der Waals surface area contributed by atoms with Crippen molar-refractivity contribution in [2.75, 3.05) is 13.1 Å². The molecule has 2 aromatic rings. The van der Waals surface area contributed by atoms with Gasteiger partial charge in [0.15, 0.2) is 0 Å². The van der Waals surface area contributed by atoms with Crippen LogP contribution in [0.15, 0.2) is 34.1 Å². The Hall–Kier alpha value is -1.17. The molecule has 1 unspecified atom stereocenters. The van der Waals surface area contributed by atoms with Crippen molar-refractivity contribution in [2.45, 2.75) is 32.7 Å². The molecule has 0 saturated carbocycles. The Kier molecular flexibility index (Phi) is 5.42. The number of benzene rings is 1. The maximum atomic E-state index is 11.2. The fourth-order valence-corrected chi connectivity index (χ4v) is 5.19. The molecule has 1 aromatic heterocycles. The van der Waals surface area contributed by atoms with E-state index in [0.717, 1.165) is 29.7 Å². The van der Waals surface area contributed by atoms with Crippen LogP contribution in [0, 0.1) is 19.8 Å². The molecule has 0 bridgehead atoms. The first kappa shape index (κ1) is 17.6. The Morgan fingerprint density at radius 2 is 1.83 bits per heavy atom. The van der Waals surface area contributed by atoms with Gasteiger partial charge in [-0.05, 0) is 73.4 Å². The first-order valence-corrected chi connectivity index (χ1v) is 9.85. The first-order chi connectivity index (χ1) is 11.4. The van der Waals surface area contributed by atoms with Gasteiger partial charge in [0.25, 0.3) is 0 Å². The van der Waals surface area contributed by atoms with E-state index < -0.39 is 5.97 Å². The largest absolute Gasteiger partial charge is 0.481 e. The van der Waals surface area contributed by atoms with Crippen LogP contribution in [0.25, 0.3) is 0 Å². The summed E-state index contributed by atoms with van der Waals surface area (Å²) in [4.78, 5) is 15.0. The van der Waals surface area contributed by atoms with E-state index in [9.17, 15) is 9.90 Å². The lowest BCUT2D eigenvalue weighted by Gasteiger charge is -2.36. The van der Waals surface area contributed by atoms with Gasteiger partial charge in [0.2, 0.25) is 0 Å². The zero-order chi connectivity index (χ0) is 17.3. The third kappa shape index (κ3) is 3.90. The van der Waals surface area contributed by atoms with Crippen molar-refractivity contribution in [3.63, 3.8) is 0 Å². The first-order valence-electron chi connectivity index (χ1n) is 8.24. The molecular formula is C19H22BrNO2S. The number of aryl methyl sites for hydroxylation is 2. The highest BCUT2D eigenvalue weighted by Crippen LogP contribution is 2.38. The third-order valence-electron chi connectivity index (χ3n) is 4.67. The molecule has 5 heteroatoms. The molecule has 1 saturated heterocycles. The number of halogens is 1. The normalized spacial score (nSPS) is 17.8. The summed E-state index contributed by atoms with van der Waals surface area (Å²) in [6.45, 7) is 5.91. The second kappa shape index (κ2) is 7.38. The molecule has 24 heavy (non-hydrogen) atoms. The molecule has 128 valence electrons. The van der Waals surface area contributed by atoms with Gasteiger partial charge in [-0.3, -0.25) is 9.69 Å². The Morgan fingerprint density at radius 1 is 1.21 bits per heavy atom. The molecule has 0 aliphatic carbocycles. The fourth-order valence-electron chi connectivity index (χ4n) is 3.60. The minimum absolute atomic E-state index is 0.198. The van der Waals surface area contributed by atoms with Gasteiger partial charge in [-0.15, -0.1) is 11.3 Å². The van der Waals surface area contributed by atoms with Crippen LogP contribution < -0.4 is 0 Å². The lowest BCUT2D eigenvalue weighted by molar-refractivity contribution is -0.143. The van der Waals surface area contributed by atoms with Gasteiger partial charge >= 0.3 is 5.97 Å². The molecular weight excluding hydrogens is 386 g/mol. The highest BCUT2D eigenvalue weighted by molar-refractivity contribution is 9.11. The summed E-state index contributed by atoms with van der Waals surface area (Å²) >= 11 is 5.34. The highest BCUT2D eigenvalue weighted by Gasteiger charge is 2.31. The molecule has 0 radical (unpaired) electrons. The van der Waals surface area contributed by atoms with Crippen molar-refractivity contribution in [3.8, 4) is 0 Å². The molecule has 1 fully saturated rings. The van der Waals surface area contributed by atoms with Crippen LogP contribution >= 0.6 is 27.3 Å². The van der Waals surface area contributed by atoms with Gasteiger partial charge < -0.3 is 5.11 Å². The van der Waals surface area contributed by atoms with Gasteiger partial charge in [-0.2, -0.15) is 0 Å². The lowest BCUT2D eigenvalue weighted by Crippen LogP contribution is -2.39. The Bertz CT molecular complexity index is 714. The average molecular weight is 408 g/mol. The van der Waals surface area contributed by atoms with E-state index in [2.05, 4.69) is 65.0 Å². The summed E-state index contributed by atoms with van der Waals surface area (Å²) in [5, 5.41) is 9.25. The number of piperidine rings is 1. The topological polar surface area (TPSA) is 40.5 Å². The minimum atomic E-state index is -0.656. The highest BCUT2D eigenvalue weighted by atomic mass is 79.9. The molecule has 1 aliphatic rings. The van der Waals surface area contributed by atoms with Crippen LogP contribution in [-0.2, 0) is 4.79 Å². The van der Waals surface area contributed by atoms with Crippen LogP contribution in [0.4, 0.5) is 0 Å². The van der Waals surface area contributed by atoms with E-state index in [4.69, 9.17) is 0 Å². The SMILES string of the molecule is Cc1cc(C)cc(C(c2ccc(Br)s2)N2CCC(C(=O)O)CC2)c1. The molecule has 2 heterocycles. The van der Waals surface area contributed by atoms with Crippen molar-refractivity contribution < 1.29 is 9.90 Å². The predicted molar refractivity (Wildman–Crippen MR) is 102 cm³/mol. The fraction of sp³-hybridized carbons (Fsp3) is 0.421. The number of rotatable bonds is 4. The quantitative estimate of drug-likeness (QED) is 0.773. The molecule has 1 N–H and O–H groups in total. The summed E-state index contributed by atoms with van der Waals surface area (Å²) in [7, 11) is 0. The molecule has 3 nitrogen and oxygen atoms in total. The summed E-state index contributed by atoms with van der Waals surface area (Å²) in [6, 6.07) is 11.2. The Labute approximate surface area is 155 Å². The second-order valence-electron chi connectivity index (χ2n) is 6.61. The summed E-state index contributed by atoms with van der Waals surface area (Å²) in [5.74, 6) is -0.854. The predicted octanol–water partition coefficient (Wildman–Crippen LogP) is 5.01. The van der Waals surface area contributed by atoms with E-state index in [0.29, 0.717) is 0 Å². The van der Waals surface area contributed by atoms with Crippen molar-refractivity contribution >= 4 is 33.2 Å². The molecule has 1 aliphatic heterocycles. The minimum Gasteiger partial charge on any atom is -0.481 e. The van der Waals surface area contributed by atoms with E-state index >= 15 is 0 Å². The van der Waals surface area contributed by atoms with Crippen LogP contribution in [0.5, 0.6) is 0 Å². The van der Waals surface area contributed by atoms with Crippen molar-refractivity contribution in [3.05, 3.63) is 55.7 Å². The number of hydrogen-bond acceptors (Lipinski definition) is 3. The van der Waals surface area contributed by atoms with Crippen molar-refractivity contribution in [2.24, 2.45) is 5.92 Å². The maximum Gasteiger partial charge on any atom is 0.306 e. The van der Waals surface area contributed by atoms with E-state index in [1.807, 2.05) is 0 Å². The monoisotopic (exact) mass is 407 g/mol. The number of carboxylic acids is 1. The van der Waals surface area contributed by atoms with E-state index in [1.54, 1.807) is 11.3 Å². The van der Waals surface area contributed by atoms with Crippen LogP contribution in [0.3, 0.4) is 0 Å². The molecule has 1 aromatic carbocycles. The van der Waals surface area contributed by atoms with Gasteiger partial charge in [0, 0.05) is 4.88 Å². The molecule has 3 rings (SSSR count). The number of nitrogens with zero attached hydrogens (tertiary/aromatic N) is 1.